The maximum absolute atomic E-state index is 13.7. The highest BCUT2D eigenvalue weighted by atomic mass is 32.2. The van der Waals surface area contributed by atoms with Gasteiger partial charge in [0.2, 0.25) is 10.0 Å². The molecule has 1 saturated heterocycles. The molecule has 11 heteroatoms. The van der Waals surface area contributed by atoms with E-state index >= 15 is 0 Å². The number of hydrogen-bond acceptors (Lipinski definition) is 7. The van der Waals surface area contributed by atoms with E-state index in [9.17, 15) is 23.1 Å². The molecule has 3 aromatic carbocycles. The topological polar surface area (TPSA) is 133 Å². The summed E-state index contributed by atoms with van der Waals surface area (Å²) < 4.78 is 28.9. The molecule has 1 fully saturated rings. The Kier molecular flexibility index (Phi) is 7.31. The lowest BCUT2D eigenvalue weighted by atomic mass is 9.87. The molecule has 3 N–H and O–H groups in total. The summed E-state index contributed by atoms with van der Waals surface area (Å²) in [5.74, 6) is -0.524. The number of fused-ring (bicyclic) bond motifs is 1. The average Bonchev–Trinajstić information content (AvgIpc) is 3.15. The predicted octanol–water partition coefficient (Wildman–Crippen LogP) is 3.17. The fourth-order valence-electron chi connectivity index (χ4n) is 5.23. The number of hydrogen-bond donors (Lipinski definition) is 2. The van der Waals surface area contributed by atoms with E-state index in [1.165, 1.54) is 29.2 Å². The molecule has 0 aromatic heterocycles. The fraction of sp³-hybridized carbons (Fsp3) is 0.333. The summed E-state index contributed by atoms with van der Waals surface area (Å²) in [7, 11) is -3.92. The molecule has 3 aromatic rings. The number of carbonyl (C=O) groups excluding carboxylic acids is 2. The number of aliphatic hydroxyl groups is 1. The molecule has 0 bridgehead atoms. The number of carbonyl (C=O) groups is 2. The molecule has 2 heterocycles. The zero-order valence-electron chi connectivity index (χ0n) is 23.3. The highest BCUT2D eigenvalue weighted by Gasteiger charge is 2.51. The van der Waals surface area contributed by atoms with Gasteiger partial charge in [-0.15, -0.1) is 0 Å². The summed E-state index contributed by atoms with van der Waals surface area (Å²) >= 11 is 0. The highest BCUT2D eigenvalue weighted by molar-refractivity contribution is 7.89. The number of amides is 2. The van der Waals surface area contributed by atoms with Crippen molar-refractivity contribution in [1.82, 2.24) is 4.90 Å². The van der Waals surface area contributed by atoms with Crippen molar-refractivity contribution in [3.05, 3.63) is 89.5 Å². The summed E-state index contributed by atoms with van der Waals surface area (Å²) in [4.78, 5) is 31.5. The lowest BCUT2D eigenvalue weighted by Crippen LogP contribution is -2.50. The van der Waals surface area contributed by atoms with Crippen molar-refractivity contribution >= 4 is 33.4 Å². The van der Waals surface area contributed by atoms with Gasteiger partial charge in [-0.25, -0.2) is 18.4 Å². The van der Waals surface area contributed by atoms with E-state index in [4.69, 9.17) is 9.88 Å². The van der Waals surface area contributed by atoms with Gasteiger partial charge in [0.15, 0.2) is 5.60 Å². The van der Waals surface area contributed by atoms with E-state index < -0.39 is 27.1 Å². The summed E-state index contributed by atoms with van der Waals surface area (Å²) in [6.07, 6.45) is -0.302. The summed E-state index contributed by atoms with van der Waals surface area (Å²) in [6.45, 7) is 8.27. The molecule has 0 aliphatic carbocycles. The van der Waals surface area contributed by atoms with Crippen LogP contribution in [0.5, 0.6) is 0 Å². The first-order valence-corrected chi connectivity index (χ1v) is 14.9. The first-order valence-electron chi connectivity index (χ1n) is 13.4. The molecule has 41 heavy (non-hydrogen) atoms. The summed E-state index contributed by atoms with van der Waals surface area (Å²) in [5, 5.41) is 17.0. The van der Waals surface area contributed by atoms with Crippen LogP contribution in [0.25, 0.3) is 0 Å². The summed E-state index contributed by atoms with van der Waals surface area (Å²) in [5.41, 5.74) is 0.642. The van der Waals surface area contributed by atoms with Crippen molar-refractivity contribution in [2.75, 3.05) is 36.0 Å². The van der Waals surface area contributed by atoms with E-state index in [1.807, 2.05) is 45.0 Å². The van der Waals surface area contributed by atoms with Crippen LogP contribution in [0, 0.1) is 0 Å². The van der Waals surface area contributed by atoms with Gasteiger partial charge >= 0.3 is 6.09 Å². The van der Waals surface area contributed by atoms with E-state index in [0.29, 0.717) is 37.4 Å². The molecule has 2 amide bonds. The van der Waals surface area contributed by atoms with Gasteiger partial charge in [0.25, 0.3) is 5.91 Å². The van der Waals surface area contributed by atoms with Gasteiger partial charge in [0.1, 0.15) is 5.60 Å². The molecule has 2 aliphatic rings. The van der Waals surface area contributed by atoms with Crippen LogP contribution in [0.3, 0.4) is 0 Å². The molecule has 1 atom stereocenters. The third-order valence-electron chi connectivity index (χ3n) is 7.31. The van der Waals surface area contributed by atoms with Crippen LogP contribution < -0.4 is 14.9 Å². The second kappa shape index (κ2) is 10.5. The van der Waals surface area contributed by atoms with Crippen molar-refractivity contribution in [3.63, 3.8) is 0 Å². The van der Waals surface area contributed by atoms with Gasteiger partial charge < -0.3 is 24.5 Å². The lowest BCUT2D eigenvalue weighted by Gasteiger charge is -2.36. The van der Waals surface area contributed by atoms with Crippen LogP contribution >= 0.6 is 0 Å². The van der Waals surface area contributed by atoms with Gasteiger partial charge in [-0.05, 0) is 62.2 Å². The number of nitrogens with two attached hydrogens (primary N) is 1. The Labute approximate surface area is 240 Å². The van der Waals surface area contributed by atoms with Gasteiger partial charge in [0, 0.05) is 37.4 Å². The number of anilines is 2. The molecule has 0 radical (unpaired) electrons. The van der Waals surface area contributed by atoms with Crippen LogP contribution in [0.1, 0.15) is 37.5 Å². The Balaban J connectivity index is 1.30. The van der Waals surface area contributed by atoms with E-state index in [2.05, 4.69) is 4.90 Å². The summed E-state index contributed by atoms with van der Waals surface area (Å²) in [6, 6.07) is 20.3. The second-order valence-corrected chi connectivity index (χ2v) is 12.9. The quantitative estimate of drug-likeness (QED) is 0.475. The van der Waals surface area contributed by atoms with E-state index in [1.54, 1.807) is 29.2 Å². The number of nitrogens with zero attached hydrogens (tertiary/aromatic N) is 3. The first-order chi connectivity index (χ1) is 19.3. The van der Waals surface area contributed by atoms with Crippen LogP contribution in [-0.2, 0) is 31.7 Å². The number of ether oxygens (including phenoxy) is 1. The minimum absolute atomic E-state index is 0.105. The maximum atomic E-state index is 13.7. The van der Waals surface area contributed by atoms with E-state index in [0.717, 1.165) is 11.3 Å². The Bertz CT molecular complexity index is 1560. The lowest BCUT2D eigenvalue weighted by molar-refractivity contribution is -0.132. The van der Waals surface area contributed by atoms with Crippen LogP contribution in [-0.4, -0.2) is 62.2 Å². The molecule has 5 rings (SSSR count). The van der Waals surface area contributed by atoms with Crippen molar-refractivity contribution in [2.24, 2.45) is 5.14 Å². The molecule has 10 nitrogen and oxygen atoms in total. The van der Waals surface area contributed by atoms with Crippen LogP contribution in [0.15, 0.2) is 77.7 Å². The standard InChI is InChI=1S/C30H34N4O6S/c1-29(2,3)40-28(36)33-18-16-32(17-19-33)23-12-8-21(9-13-23)20-34-26-7-5-4-6-25(26)30(37,27(34)35)22-10-14-24(15-11-22)41(31,38)39/h4-15,37H,16-20H2,1-3H3,(H2,31,38,39). The smallest absolute Gasteiger partial charge is 0.410 e. The van der Waals surface area contributed by atoms with Crippen LogP contribution in [0.4, 0.5) is 16.2 Å². The first kappa shape index (κ1) is 28.6. The Hall–Kier alpha value is -3.93. The number of benzene rings is 3. The molecule has 1 unspecified atom stereocenters. The number of piperazine rings is 1. The SMILES string of the molecule is CC(C)(C)OC(=O)N1CCN(c2ccc(CN3C(=O)C(O)(c4ccc(S(N)(=O)=O)cc4)c4ccccc43)cc2)CC1. The van der Waals surface area contributed by atoms with Crippen molar-refractivity contribution in [1.29, 1.82) is 0 Å². The maximum Gasteiger partial charge on any atom is 0.410 e. The van der Waals surface area contributed by atoms with E-state index in [-0.39, 0.29) is 23.1 Å². The third-order valence-corrected chi connectivity index (χ3v) is 8.24. The molecular formula is C30H34N4O6S. The molecule has 216 valence electrons. The molecule has 2 aliphatic heterocycles. The number of para-hydroxylation sites is 1. The minimum Gasteiger partial charge on any atom is -0.444 e. The van der Waals surface area contributed by atoms with Gasteiger partial charge in [-0.1, -0.05) is 42.5 Å². The minimum atomic E-state index is -3.92. The number of primary sulfonamides is 1. The number of sulfonamides is 1. The van der Waals surface area contributed by atoms with Gasteiger partial charge in [0.05, 0.1) is 17.1 Å². The second-order valence-electron chi connectivity index (χ2n) is 11.3. The predicted molar refractivity (Wildman–Crippen MR) is 155 cm³/mol. The molecule has 0 saturated carbocycles. The zero-order valence-corrected chi connectivity index (χ0v) is 24.1. The Morgan fingerprint density at radius 2 is 1.56 bits per heavy atom. The number of rotatable bonds is 5. The van der Waals surface area contributed by atoms with Crippen LogP contribution in [0.2, 0.25) is 0 Å². The normalized spacial score (nSPS) is 19.3. The molecular weight excluding hydrogens is 544 g/mol. The van der Waals surface area contributed by atoms with Gasteiger partial charge in [-0.3, -0.25) is 4.79 Å². The van der Waals surface area contributed by atoms with Crippen molar-refractivity contribution in [3.8, 4) is 0 Å². The Morgan fingerprint density at radius 3 is 2.15 bits per heavy atom. The Morgan fingerprint density at radius 1 is 0.951 bits per heavy atom. The zero-order chi connectivity index (χ0) is 29.6. The third kappa shape index (κ3) is 5.65. The van der Waals surface area contributed by atoms with Gasteiger partial charge in [-0.2, -0.15) is 0 Å². The monoisotopic (exact) mass is 578 g/mol. The van der Waals surface area contributed by atoms with Crippen molar-refractivity contribution < 1.29 is 27.9 Å². The average molecular weight is 579 g/mol. The largest absolute Gasteiger partial charge is 0.444 e. The fourth-order valence-corrected chi connectivity index (χ4v) is 5.74. The van der Waals surface area contributed by atoms with Crippen molar-refractivity contribution in [2.45, 2.75) is 43.4 Å². The highest BCUT2D eigenvalue weighted by Crippen LogP contribution is 2.45. The molecule has 0 spiro atoms.